The molecule has 1 heterocycles. The lowest BCUT2D eigenvalue weighted by Gasteiger charge is -2.18. The lowest BCUT2D eigenvalue weighted by molar-refractivity contribution is -0.125. The number of ether oxygens (including phenoxy) is 3. The summed E-state index contributed by atoms with van der Waals surface area (Å²) in [5.41, 5.74) is 0.505. The molecule has 0 fully saturated rings. The van der Waals surface area contributed by atoms with Crippen LogP contribution in [-0.4, -0.2) is 32.1 Å². The maximum atomic E-state index is 12.2. The molecule has 7 nitrogen and oxygen atoms in total. The zero-order valence-corrected chi connectivity index (χ0v) is 15.5. The molecule has 1 aliphatic heterocycles. The number of hydrogen-bond acceptors (Lipinski definition) is 5. The van der Waals surface area contributed by atoms with Gasteiger partial charge in [0.05, 0.1) is 18.2 Å². The molecule has 0 saturated carbocycles. The summed E-state index contributed by atoms with van der Waals surface area (Å²) in [4.78, 5) is 24.3. The Morgan fingerprint density at radius 3 is 2.78 bits per heavy atom. The molecule has 2 N–H and O–H groups in total. The topological polar surface area (TPSA) is 85.9 Å². The molecule has 2 amide bonds. The Morgan fingerprint density at radius 1 is 1.22 bits per heavy atom. The highest BCUT2D eigenvalue weighted by Gasteiger charge is 2.32. The average molecular weight is 370 g/mol. The van der Waals surface area contributed by atoms with E-state index in [2.05, 4.69) is 10.6 Å². The average Bonchev–Trinajstić information content (AvgIpc) is 2.76. The number of carbonyl (C=O) groups excluding carboxylic acids is 2. The Labute approximate surface area is 157 Å². The van der Waals surface area contributed by atoms with E-state index in [1.165, 1.54) is 0 Å². The summed E-state index contributed by atoms with van der Waals surface area (Å²) in [6, 6.07) is 12.1. The summed E-state index contributed by atoms with van der Waals surface area (Å²) in [6.07, 6.45) is 0. The largest absolute Gasteiger partial charge is 0.497 e. The molecule has 2 aromatic carbocycles. The van der Waals surface area contributed by atoms with Crippen LogP contribution < -0.4 is 24.8 Å². The normalized spacial score (nSPS) is 14.9. The van der Waals surface area contributed by atoms with Gasteiger partial charge in [-0.25, -0.2) is 0 Å². The van der Waals surface area contributed by atoms with Gasteiger partial charge in [-0.1, -0.05) is 6.07 Å². The van der Waals surface area contributed by atoms with Crippen molar-refractivity contribution in [2.24, 2.45) is 5.41 Å². The van der Waals surface area contributed by atoms with Crippen molar-refractivity contribution in [2.75, 3.05) is 31.0 Å². The van der Waals surface area contributed by atoms with E-state index in [0.29, 0.717) is 28.6 Å². The summed E-state index contributed by atoms with van der Waals surface area (Å²) >= 11 is 0. The van der Waals surface area contributed by atoms with Crippen LogP contribution >= 0.6 is 0 Å². The number of fused-ring (bicyclic) bond motifs is 1. The fraction of sp³-hybridized carbons (Fsp3) is 0.300. The predicted molar refractivity (Wildman–Crippen MR) is 101 cm³/mol. The fourth-order valence-corrected chi connectivity index (χ4v) is 2.47. The first-order valence-corrected chi connectivity index (χ1v) is 8.52. The number of hydrogen-bond donors (Lipinski definition) is 2. The lowest BCUT2D eigenvalue weighted by Crippen LogP contribution is -2.33. The van der Waals surface area contributed by atoms with Crippen molar-refractivity contribution >= 4 is 23.2 Å². The van der Waals surface area contributed by atoms with Crippen LogP contribution in [0, 0.1) is 5.41 Å². The Hall–Kier alpha value is -3.22. The second-order valence-electron chi connectivity index (χ2n) is 6.85. The monoisotopic (exact) mass is 370 g/mol. The number of amides is 2. The van der Waals surface area contributed by atoms with E-state index in [-0.39, 0.29) is 25.0 Å². The second-order valence-corrected chi connectivity index (χ2v) is 6.85. The number of nitrogens with one attached hydrogen (secondary N) is 2. The Morgan fingerprint density at radius 2 is 2.00 bits per heavy atom. The molecule has 0 aliphatic carbocycles. The molecule has 0 unspecified atom stereocenters. The zero-order chi connectivity index (χ0) is 19.4. The van der Waals surface area contributed by atoms with Crippen molar-refractivity contribution in [1.82, 2.24) is 0 Å². The maximum Gasteiger partial charge on any atom is 0.262 e. The van der Waals surface area contributed by atoms with Crippen molar-refractivity contribution in [2.45, 2.75) is 13.8 Å². The minimum atomic E-state index is -0.632. The molecule has 0 atom stereocenters. The first-order valence-electron chi connectivity index (χ1n) is 8.52. The highest BCUT2D eigenvalue weighted by molar-refractivity contribution is 5.98. The van der Waals surface area contributed by atoms with E-state index < -0.39 is 5.41 Å². The molecule has 27 heavy (non-hydrogen) atoms. The van der Waals surface area contributed by atoms with E-state index in [0.717, 1.165) is 0 Å². The van der Waals surface area contributed by atoms with Crippen LogP contribution in [-0.2, 0) is 9.59 Å². The van der Waals surface area contributed by atoms with Crippen molar-refractivity contribution in [3.05, 3.63) is 42.5 Å². The predicted octanol–water partition coefficient (Wildman–Crippen LogP) is 3.07. The molecule has 0 saturated heterocycles. The van der Waals surface area contributed by atoms with E-state index in [1.54, 1.807) is 49.6 Å². The van der Waals surface area contributed by atoms with Crippen LogP contribution in [0.1, 0.15) is 13.8 Å². The summed E-state index contributed by atoms with van der Waals surface area (Å²) in [5, 5.41) is 5.59. The molecule has 1 aliphatic rings. The summed E-state index contributed by atoms with van der Waals surface area (Å²) < 4.78 is 16.3. The summed E-state index contributed by atoms with van der Waals surface area (Å²) in [5.74, 6) is 1.29. The Bertz CT molecular complexity index is 863. The lowest BCUT2D eigenvalue weighted by atomic mass is 9.94. The van der Waals surface area contributed by atoms with Gasteiger partial charge in [0.2, 0.25) is 5.91 Å². The van der Waals surface area contributed by atoms with Crippen LogP contribution in [0.5, 0.6) is 17.2 Å². The molecular formula is C20H22N2O5. The van der Waals surface area contributed by atoms with Gasteiger partial charge in [-0.15, -0.1) is 0 Å². The van der Waals surface area contributed by atoms with Crippen molar-refractivity contribution in [1.29, 1.82) is 0 Å². The third kappa shape index (κ3) is 4.49. The van der Waals surface area contributed by atoms with E-state index in [1.807, 2.05) is 13.8 Å². The highest BCUT2D eigenvalue weighted by atomic mass is 16.5. The quantitative estimate of drug-likeness (QED) is 0.845. The standard InChI is InChI=1S/C20H22N2O5/c1-20(2)12-27-17-9-13(7-8-16(17)22-19(20)24)21-18(23)11-26-15-6-4-5-14(10-15)25-3/h4-10H,11-12H2,1-3H3,(H,21,23)(H,22,24). The van der Waals surface area contributed by atoms with Gasteiger partial charge < -0.3 is 24.8 Å². The summed E-state index contributed by atoms with van der Waals surface area (Å²) in [6.45, 7) is 3.73. The smallest absolute Gasteiger partial charge is 0.262 e. The number of methoxy groups -OCH3 is 1. The molecule has 2 aromatic rings. The Kier molecular flexibility index (Phi) is 5.21. The van der Waals surface area contributed by atoms with Crippen molar-refractivity contribution < 1.29 is 23.8 Å². The summed E-state index contributed by atoms with van der Waals surface area (Å²) in [7, 11) is 1.57. The third-order valence-electron chi connectivity index (χ3n) is 4.13. The number of rotatable bonds is 5. The van der Waals surface area contributed by atoms with Gasteiger partial charge in [-0.2, -0.15) is 0 Å². The van der Waals surface area contributed by atoms with Crippen LogP contribution in [0.3, 0.4) is 0 Å². The van der Waals surface area contributed by atoms with Gasteiger partial charge in [-0.05, 0) is 38.1 Å². The van der Waals surface area contributed by atoms with Crippen LogP contribution in [0.15, 0.2) is 42.5 Å². The molecule has 7 heteroatoms. The zero-order valence-electron chi connectivity index (χ0n) is 15.5. The SMILES string of the molecule is COc1cccc(OCC(=O)Nc2ccc3c(c2)OCC(C)(C)C(=O)N3)c1. The molecule has 3 rings (SSSR count). The molecule has 0 spiro atoms. The van der Waals surface area contributed by atoms with Gasteiger partial charge in [0.15, 0.2) is 6.61 Å². The molecule has 0 aromatic heterocycles. The van der Waals surface area contributed by atoms with Gasteiger partial charge in [0.25, 0.3) is 5.91 Å². The van der Waals surface area contributed by atoms with Gasteiger partial charge in [0, 0.05) is 17.8 Å². The maximum absolute atomic E-state index is 12.2. The molecule has 0 bridgehead atoms. The van der Waals surface area contributed by atoms with Crippen LogP contribution in [0.4, 0.5) is 11.4 Å². The minimum Gasteiger partial charge on any atom is -0.497 e. The van der Waals surface area contributed by atoms with Crippen molar-refractivity contribution in [3.8, 4) is 17.2 Å². The Balaban J connectivity index is 1.62. The fourth-order valence-electron chi connectivity index (χ4n) is 2.47. The molecular weight excluding hydrogens is 348 g/mol. The second kappa shape index (κ2) is 7.57. The van der Waals surface area contributed by atoms with E-state index >= 15 is 0 Å². The molecule has 0 radical (unpaired) electrons. The van der Waals surface area contributed by atoms with Crippen LogP contribution in [0.2, 0.25) is 0 Å². The van der Waals surface area contributed by atoms with Gasteiger partial charge in [0.1, 0.15) is 23.9 Å². The first-order chi connectivity index (χ1) is 12.9. The highest BCUT2D eigenvalue weighted by Crippen LogP contribution is 2.34. The number of carbonyl (C=O) groups is 2. The van der Waals surface area contributed by atoms with Gasteiger partial charge in [-0.3, -0.25) is 9.59 Å². The minimum absolute atomic E-state index is 0.107. The van der Waals surface area contributed by atoms with Gasteiger partial charge >= 0.3 is 0 Å². The van der Waals surface area contributed by atoms with E-state index in [4.69, 9.17) is 14.2 Å². The third-order valence-corrected chi connectivity index (χ3v) is 4.13. The number of benzene rings is 2. The van der Waals surface area contributed by atoms with Crippen LogP contribution in [0.25, 0.3) is 0 Å². The molecule has 142 valence electrons. The van der Waals surface area contributed by atoms with Crippen molar-refractivity contribution in [3.63, 3.8) is 0 Å². The number of anilines is 2. The van der Waals surface area contributed by atoms with E-state index in [9.17, 15) is 9.59 Å². The first kappa shape index (κ1) is 18.6.